The van der Waals surface area contributed by atoms with Crippen LogP contribution in [0.5, 0.6) is 0 Å². The molecule has 0 saturated carbocycles. The van der Waals surface area contributed by atoms with Crippen LogP contribution in [0, 0.1) is 0 Å². The summed E-state index contributed by atoms with van der Waals surface area (Å²) in [6.07, 6.45) is 0.240. The Hall–Kier alpha value is -2.67. The number of para-hydroxylation sites is 1. The number of amides is 2. The van der Waals surface area contributed by atoms with Gasteiger partial charge in [0.25, 0.3) is 0 Å². The molecular weight excluding hydrogens is 316 g/mol. The highest BCUT2D eigenvalue weighted by atomic mass is 32.1. The van der Waals surface area contributed by atoms with Crippen molar-refractivity contribution >= 4 is 34.8 Å². The molecule has 0 aliphatic heterocycles. The second-order valence-corrected chi connectivity index (χ2v) is 5.65. The monoisotopic (exact) mass is 332 g/mol. The van der Waals surface area contributed by atoms with Gasteiger partial charge in [-0.25, -0.2) is 4.79 Å². The SMILES string of the molecule is COC(=O)c1ccccc1NC(=O)CNC(=O)Cc1cccs1. The molecule has 2 aromatic rings. The Morgan fingerprint density at radius 1 is 1.09 bits per heavy atom. The Morgan fingerprint density at radius 3 is 2.57 bits per heavy atom. The van der Waals surface area contributed by atoms with E-state index < -0.39 is 11.9 Å². The van der Waals surface area contributed by atoms with Gasteiger partial charge in [0.2, 0.25) is 11.8 Å². The minimum Gasteiger partial charge on any atom is -0.465 e. The zero-order valence-electron chi connectivity index (χ0n) is 12.5. The lowest BCUT2D eigenvalue weighted by Crippen LogP contribution is -2.33. The van der Waals surface area contributed by atoms with E-state index in [9.17, 15) is 14.4 Å². The molecule has 1 aromatic heterocycles. The van der Waals surface area contributed by atoms with E-state index >= 15 is 0 Å². The van der Waals surface area contributed by atoms with Gasteiger partial charge >= 0.3 is 5.97 Å². The van der Waals surface area contributed by atoms with Crippen LogP contribution in [0.3, 0.4) is 0 Å². The zero-order valence-corrected chi connectivity index (χ0v) is 13.3. The predicted octanol–water partition coefficient (Wildman–Crippen LogP) is 1.83. The molecule has 0 bridgehead atoms. The summed E-state index contributed by atoms with van der Waals surface area (Å²) in [6.45, 7) is -0.167. The summed E-state index contributed by atoms with van der Waals surface area (Å²) in [5, 5.41) is 7.02. The van der Waals surface area contributed by atoms with E-state index in [-0.39, 0.29) is 24.4 Å². The smallest absolute Gasteiger partial charge is 0.339 e. The van der Waals surface area contributed by atoms with Crippen LogP contribution >= 0.6 is 11.3 Å². The first kappa shape index (κ1) is 16.7. The summed E-state index contributed by atoms with van der Waals surface area (Å²) < 4.78 is 4.66. The molecule has 120 valence electrons. The van der Waals surface area contributed by atoms with Crippen molar-refractivity contribution in [3.63, 3.8) is 0 Å². The lowest BCUT2D eigenvalue weighted by Gasteiger charge is -2.10. The molecule has 1 heterocycles. The van der Waals surface area contributed by atoms with Gasteiger partial charge in [-0.15, -0.1) is 11.3 Å². The van der Waals surface area contributed by atoms with E-state index in [0.717, 1.165) is 4.88 Å². The minimum atomic E-state index is -0.539. The maximum atomic E-state index is 11.9. The van der Waals surface area contributed by atoms with Gasteiger partial charge < -0.3 is 15.4 Å². The average molecular weight is 332 g/mol. The van der Waals surface area contributed by atoms with Crippen molar-refractivity contribution < 1.29 is 19.1 Å². The molecule has 2 rings (SSSR count). The van der Waals surface area contributed by atoms with Gasteiger partial charge in [0.15, 0.2) is 0 Å². The number of hydrogen-bond acceptors (Lipinski definition) is 5. The summed E-state index contributed by atoms with van der Waals surface area (Å²) in [7, 11) is 1.27. The summed E-state index contributed by atoms with van der Waals surface area (Å²) in [4.78, 5) is 36.2. The molecule has 0 radical (unpaired) electrons. The highest BCUT2D eigenvalue weighted by Gasteiger charge is 2.13. The molecule has 0 saturated heterocycles. The van der Waals surface area contributed by atoms with Crippen molar-refractivity contribution in [2.45, 2.75) is 6.42 Å². The number of carbonyl (C=O) groups is 3. The van der Waals surface area contributed by atoms with Crippen LogP contribution in [-0.4, -0.2) is 31.4 Å². The molecule has 0 unspecified atom stereocenters. The summed E-state index contributed by atoms with van der Waals surface area (Å²) in [5.74, 6) is -1.19. The normalized spacial score (nSPS) is 9.96. The third-order valence-corrected chi connectivity index (χ3v) is 3.84. The average Bonchev–Trinajstić information content (AvgIpc) is 3.05. The van der Waals surface area contributed by atoms with E-state index in [1.165, 1.54) is 18.4 Å². The zero-order chi connectivity index (χ0) is 16.7. The van der Waals surface area contributed by atoms with Crippen molar-refractivity contribution in [3.8, 4) is 0 Å². The third-order valence-electron chi connectivity index (χ3n) is 2.97. The molecule has 1 aromatic carbocycles. The summed E-state index contributed by atoms with van der Waals surface area (Å²) in [5.41, 5.74) is 0.602. The first-order valence-corrected chi connectivity index (χ1v) is 7.74. The number of nitrogens with one attached hydrogen (secondary N) is 2. The Balaban J connectivity index is 1.88. The van der Waals surface area contributed by atoms with Gasteiger partial charge in [-0.3, -0.25) is 9.59 Å². The summed E-state index contributed by atoms with van der Waals surface area (Å²) >= 11 is 1.48. The number of hydrogen-bond donors (Lipinski definition) is 2. The third kappa shape index (κ3) is 4.93. The summed E-state index contributed by atoms with van der Waals surface area (Å²) in [6, 6.07) is 10.2. The molecule has 0 fully saturated rings. The van der Waals surface area contributed by atoms with Gasteiger partial charge in [0.05, 0.1) is 31.3 Å². The van der Waals surface area contributed by atoms with E-state index in [0.29, 0.717) is 5.69 Å². The fourth-order valence-electron chi connectivity index (χ4n) is 1.89. The van der Waals surface area contributed by atoms with Crippen LogP contribution in [0.25, 0.3) is 0 Å². The van der Waals surface area contributed by atoms with E-state index in [1.807, 2.05) is 17.5 Å². The molecule has 6 nitrogen and oxygen atoms in total. The predicted molar refractivity (Wildman–Crippen MR) is 87.4 cm³/mol. The quantitative estimate of drug-likeness (QED) is 0.791. The lowest BCUT2D eigenvalue weighted by atomic mass is 10.2. The molecule has 7 heteroatoms. The van der Waals surface area contributed by atoms with Crippen LogP contribution in [0.15, 0.2) is 41.8 Å². The highest BCUT2D eigenvalue weighted by Crippen LogP contribution is 2.15. The van der Waals surface area contributed by atoms with Crippen LogP contribution in [0.2, 0.25) is 0 Å². The molecule has 2 amide bonds. The van der Waals surface area contributed by atoms with Crippen molar-refractivity contribution in [1.29, 1.82) is 0 Å². The lowest BCUT2D eigenvalue weighted by molar-refractivity contribution is -0.123. The number of benzene rings is 1. The first-order valence-electron chi connectivity index (χ1n) is 6.86. The molecule has 23 heavy (non-hydrogen) atoms. The topological polar surface area (TPSA) is 84.5 Å². The van der Waals surface area contributed by atoms with Crippen LogP contribution in [0.4, 0.5) is 5.69 Å². The number of rotatable bonds is 6. The van der Waals surface area contributed by atoms with E-state index in [1.54, 1.807) is 24.3 Å². The van der Waals surface area contributed by atoms with Crippen molar-refractivity contribution in [3.05, 3.63) is 52.2 Å². The molecule has 0 aliphatic carbocycles. The number of carbonyl (C=O) groups excluding carboxylic acids is 3. The Labute approximate surface area is 137 Å². The molecule has 2 N–H and O–H groups in total. The number of methoxy groups -OCH3 is 1. The largest absolute Gasteiger partial charge is 0.465 e. The molecule has 0 atom stereocenters. The van der Waals surface area contributed by atoms with Gasteiger partial charge in [-0.05, 0) is 23.6 Å². The Kier molecular flexibility index (Phi) is 5.87. The molecular formula is C16H16N2O4S. The maximum Gasteiger partial charge on any atom is 0.339 e. The van der Waals surface area contributed by atoms with Gasteiger partial charge in [-0.2, -0.15) is 0 Å². The second-order valence-electron chi connectivity index (χ2n) is 4.62. The molecule has 0 aliphatic rings. The van der Waals surface area contributed by atoms with Crippen LogP contribution < -0.4 is 10.6 Å². The fraction of sp³-hybridized carbons (Fsp3) is 0.188. The van der Waals surface area contributed by atoms with Crippen molar-refractivity contribution in [1.82, 2.24) is 5.32 Å². The number of esters is 1. The van der Waals surface area contributed by atoms with Crippen LogP contribution in [0.1, 0.15) is 15.2 Å². The first-order chi connectivity index (χ1) is 11.1. The van der Waals surface area contributed by atoms with Crippen LogP contribution in [-0.2, 0) is 20.7 Å². The fourth-order valence-corrected chi connectivity index (χ4v) is 2.59. The van der Waals surface area contributed by atoms with E-state index in [2.05, 4.69) is 15.4 Å². The minimum absolute atomic E-state index is 0.167. The van der Waals surface area contributed by atoms with Gasteiger partial charge in [-0.1, -0.05) is 18.2 Å². The number of thiophene rings is 1. The molecule has 0 spiro atoms. The van der Waals surface area contributed by atoms with Crippen molar-refractivity contribution in [2.75, 3.05) is 19.0 Å². The number of anilines is 1. The van der Waals surface area contributed by atoms with Gasteiger partial charge in [0.1, 0.15) is 0 Å². The maximum absolute atomic E-state index is 11.9. The van der Waals surface area contributed by atoms with Crippen molar-refractivity contribution in [2.24, 2.45) is 0 Å². The van der Waals surface area contributed by atoms with E-state index in [4.69, 9.17) is 0 Å². The standard InChI is InChI=1S/C16H16N2O4S/c1-22-16(21)12-6-2-3-7-13(12)18-15(20)10-17-14(19)9-11-5-4-8-23-11/h2-8H,9-10H2,1H3,(H,17,19)(H,18,20). The van der Waals surface area contributed by atoms with Gasteiger partial charge in [0, 0.05) is 4.88 Å². The second kappa shape index (κ2) is 8.09. The Bertz CT molecular complexity index is 698. The highest BCUT2D eigenvalue weighted by molar-refractivity contribution is 7.10. The number of ether oxygens (including phenoxy) is 1. The Morgan fingerprint density at radius 2 is 1.87 bits per heavy atom.